The van der Waals surface area contributed by atoms with Gasteiger partial charge in [0.1, 0.15) is 0 Å². The molecule has 1 aliphatic heterocycles. The number of nitrogens with zero attached hydrogens (tertiary/aromatic N) is 1. The summed E-state index contributed by atoms with van der Waals surface area (Å²) in [6.45, 7) is 5.77. The summed E-state index contributed by atoms with van der Waals surface area (Å²) in [5, 5.41) is 9.07. The largest absolute Gasteiger partial charge is 0.481 e. The molecule has 1 heterocycles. The fourth-order valence-electron chi connectivity index (χ4n) is 1.93. The van der Waals surface area contributed by atoms with E-state index in [2.05, 4.69) is 0 Å². The molecule has 17 heavy (non-hydrogen) atoms. The van der Waals surface area contributed by atoms with E-state index in [0.29, 0.717) is 45.6 Å². The second-order valence-electron chi connectivity index (χ2n) is 4.69. The molecule has 0 atom stereocenters. The van der Waals surface area contributed by atoms with E-state index in [1.54, 1.807) is 11.8 Å². The van der Waals surface area contributed by atoms with E-state index in [-0.39, 0.29) is 5.91 Å². The summed E-state index contributed by atoms with van der Waals surface area (Å²) in [4.78, 5) is 24.5. The van der Waals surface area contributed by atoms with Crippen molar-refractivity contribution >= 4 is 11.9 Å². The first-order valence-electron chi connectivity index (χ1n) is 6.08. The van der Waals surface area contributed by atoms with Crippen LogP contribution in [0.2, 0.25) is 0 Å². The molecule has 1 amide bonds. The van der Waals surface area contributed by atoms with Gasteiger partial charge in [-0.1, -0.05) is 0 Å². The summed E-state index contributed by atoms with van der Waals surface area (Å²) in [6.07, 6.45) is 1.45. The van der Waals surface area contributed by atoms with Gasteiger partial charge >= 0.3 is 5.97 Å². The molecule has 0 radical (unpaired) electrons. The average Bonchev–Trinajstić information content (AvgIpc) is 2.30. The molecule has 1 N–H and O–H groups in total. The lowest BCUT2D eigenvalue weighted by molar-refractivity contribution is -0.153. The van der Waals surface area contributed by atoms with Crippen LogP contribution in [0.4, 0.5) is 0 Å². The zero-order valence-corrected chi connectivity index (χ0v) is 10.6. The lowest BCUT2D eigenvalue weighted by atomic mass is 9.80. The van der Waals surface area contributed by atoms with E-state index < -0.39 is 11.4 Å². The third kappa shape index (κ3) is 3.70. The van der Waals surface area contributed by atoms with E-state index in [4.69, 9.17) is 9.84 Å². The molecule has 0 spiro atoms. The number of carbonyl (C=O) groups is 2. The van der Waals surface area contributed by atoms with Crippen LogP contribution in [0.1, 0.15) is 33.1 Å². The number of carbonyl (C=O) groups excluding carboxylic acids is 1. The molecule has 98 valence electrons. The smallest absolute Gasteiger partial charge is 0.309 e. The van der Waals surface area contributed by atoms with Crippen molar-refractivity contribution in [3.05, 3.63) is 0 Å². The highest BCUT2D eigenvalue weighted by molar-refractivity contribution is 5.78. The molecule has 0 bridgehead atoms. The number of hydrogen-bond donors (Lipinski definition) is 1. The Balaban J connectivity index is 2.36. The molecule has 0 unspecified atom stereocenters. The predicted molar refractivity (Wildman–Crippen MR) is 62.7 cm³/mol. The molecule has 1 fully saturated rings. The molecule has 0 aromatic carbocycles. The van der Waals surface area contributed by atoms with Gasteiger partial charge in [0.25, 0.3) is 0 Å². The molecule has 0 aromatic rings. The average molecular weight is 243 g/mol. The van der Waals surface area contributed by atoms with Gasteiger partial charge in [-0.25, -0.2) is 0 Å². The van der Waals surface area contributed by atoms with Crippen molar-refractivity contribution < 1.29 is 19.4 Å². The number of carboxylic acids is 1. The minimum absolute atomic E-state index is 0.0610. The molecule has 1 aliphatic rings. The number of aliphatic carboxylic acids is 1. The molecule has 0 aromatic heterocycles. The third-order valence-electron chi connectivity index (χ3n) is 3.40. The van der Waals surface area contributed by atoms with Gasteiger partial charge in [-0.05, 0) is 26.7 Å². The first kappa shape index (κ1) is 14.0. The van der Waals surface area contributed by atoms with Crippen LogP contribution in [-0.2, 0) is 14.3 Å². The molecule has 1 saturated heterocycles. The van der Waals surface area contributed by atoms with E-state index in [0.717, 1.165) is 0 Å². The van der Waals surface area contributed by atoms with Crippen molar-refractivity contribution in [2.24, 2.45) is 5.41 Å². The van der Waals surface area contributed by atoms with Crippen molar-refractivity contribution in [1.82, 2.24) is 4.90 Å². The summed E-state index contributed by atoms with van der Waals surface area (Å²) in [5.41, 5.74) is -0.670. The Morgan fingerprint density at radius 2 is 1.94 bits per heavy atom. The van der Waals surface area contributed by atoms with E-state index in [1.807, 2.05) is 6.92 Å². The standard InChI is InChI=1S/C12H21NO4/c1-3-17-9-4-10(14)13-7-5-12(2,6-8-13)11(15)16/h3-9H2,1-2H3,(H,15,16). The molecule has 0 aliphatic carbocycles. The summed E-state index contributed by atoms with van der Waals surface area (Å²) < 4.78 is 5.13. The highest BCUT2D eigenvalue weighted by atomic mass is 16.5. The minimum atomic E-state index is -0.765. The van der Waals surface area contributed by atoms with Gasteiger partial charge in [-0.2, -0.15) is 0 Å². The van der Waals surface area contributed by atoms with Crippen molar-refractivity contribution in [2.45, 2.75) is 33.1 Å². The van der Waals surface area contributed by atoms with Crippen LogP contribution < -0.4 is 0 Å². The number of likely N-dealkylation sites (tertiary alicyclic amines) is 1. The van der Waals surface area contributed by atoms with Crippen LogP contribution in [0.15, 0.2) is 0 Å². The SMILES string of the molecule is CCOCCC(=O)N1CCC(C)(C(=O)O)CC1. The minimum Gasteiger partial charge on any atom is -0.481 e. The number of carboxylic acid groups (broad SMARTS) is 1. The first-order valence-corrected chi connectivity index (χ1v) is 6.08. The maximum atomic E-state index is 11.8. The van der Waals surface area contributed by atoms with Crippen LogP contribution in [0.25, 0.3) is 0 Å². The fraction of sp³-hybridized carbons (Fsp3) is 0.833. The van der Waals surface area contributed by atoms with E-state index >= 15 is 0 Å². The quantitative estimate of drug-likeness (QED) is 0.735. The van der Waals surface area contributed by atoms with Crippen LogP contribution in [0, 0.1) is 5.41 Å². The normalized spacial score (nSPS) is 19.1. The fourth-order valence-corrected chi connectivity index (χ4v) is 1.93. The highest BCUT2D eigenvalue weighted by Crippen LogP contribution is 2.31. The Bertz CT molecular complexity index is 282. The number of hydrogen-bond acceptors (Lipinski definition) is 3. The first-order chi connectivity index (χ1) is 7.99. The number of rotatable bonds is 5. The van der Waals surface area contributed by atoms with Gasteiger partial charge in [0.2, 0.25) is 5.91 Å². The maximum Gasteiger partial charge on any atom is 0.309 e. The summed E-state index contributed by atoms with van der Waals surface area (Å²) in [6, 6.07) is 0. The number of ether oxygens (including phenoxy) is 1. The van der Waals surface area contributed by atoms with Gasteiger partial charge in [-0.15, -0.1) is 0 Å². The van der Waals surface area contributed by atoms with Crippen molar-refractivity contribution in [1.29, 1.82) is 0 Å². The number of piperidine rings is 1. The Morgan fingerprint density at radius 3 is 2.41 bits per heavy atom. The van der Waals surface area contributed by atoms with Gasteiger partial charge in [-0.3, -0.25) is 9.59 Å². The van der Waals surface area contributed by atoms with Gasteiger partial charge in [0, 0.05) is 19.7 Å². The molecule has 1 rings (SSSR count). The van der Waals surface area contributed by atoms with Crippen LogP contribution in [-0.4, -0.2) is 48.2 Å². The van der Waals surface area contributed by atoms with Crippen LogP contribution in [0.5, 0.6) is 0 Å². The lowest BCUT2D eigenvalue weighted by Gasteiger charge is -2.36. The summed E-state index contributed by atoms with van der Waals surface area (Å²) >= 11 is 0. The molecule has 0 saturated carbocycles. The van der Waals surface area contributed by atoms with Crippen molar-refractivity contribution in [3.8, 4) is 0 Å². The molecule has 5 heteroatoms. The van der Waals surface area contributed by atoms with Gasteiger partial charge < -0.3 is 14.7 Å². The van der Waals surface area contributed by atoms with Crippen molar-refractivity contribution in [2.75, 3.05) is 26.3 Å². The highest BCUT2D eigenvalue weighted by Gasteiger charge is 2.37. The third-order valence-corrected chi connectivity index (χ3v) is 3.40. The number of amides is 1. The zero-order valence-electron chi connectivity index (χ0n) is 10.6. The Labute approximate surface area is 102 Å². The Morgan fingerprint density at radius 1 is 1.35 bits per heavy atom. The van der Waals surface area contributed by atoms with Crippen molar-refractivity contribution in [3.63, 3.8) is 0 Å². The van der Waals surface area contributed by atoms with E-state index in [9.17, 15) is 9.59 Å². The zero-order chi connectivity index (χ0) is 12.9. The maximum absolute atomic E-state index is 11.8. The monoisotopic (exact) mass is 243 g/mol. The van der Waals surface area contributed by atoms with Crippen LogP contribution in [0.3, 0.4) is 0 Å². The Hall–Kier alpha value is -1.10. The van der Waals surface area contributed by atoms with Gasteiger partial charge in [0.15, 0.2) is 0 Å². The topological polar surface area (TPSA) is 66.8 Å². The summed E-state index contributed by atoms with van der Waals surface area (Å²) in [5.74, 6) is -0.704. The second kappa shape index (κ2) is 6.00. The lowest BCUT2D eigenvalue weighted by Crippen LogP contribution is -2.45. The summed E-state index contributed by atoms with van der Waals surface area (Å²) in [7, 11) is 0. The van der Waals surface area contributed by atoms with Gasteiger partial charge in [0.05, 0.1) is 18.4 Å². The van der Waals surface area contributed by atoms with E-state index in [1.165, 1.54) is 0 Å². The predicted octanol–water partition coefficient (Wildman–Crippen LogP) is 1.13. The Kier molecular flexibility index (Phi) is 4.93. The molecular weight excluding hydrogens is 222 g/mol. The molecular formula is C12H21NO4. The second-order valence-corrected chi connectivity index (χ2v) is 4.69. The van der Waals surface area contributed by atoms with Crippen LogP contribution >= 0.6 is 0 Å². The molecule has 5 nitrogen and oxygen atoms in total.